The molecule has 140 valence electrons. The number of ether oxygens (including phenoxy) is 1. The number of nitrogens with one attached hydrogen (secondary N) is 2. The number of aromatic amines is 1. The number of aromatic nitrogens is 3. The van der Waals surface area contributed by atoms with E-state index in [1.807, 2.05) is 31.2 Å². The number of anilines is 1. The summed E-state index contributed by atoms with van der Waals surface area (Å²) >= 11 is 1.30. The maximum atomic E-state index is 12.5. The van der Waals surface area contributed by atoms with Gasteiger partial charge in [0.25, 0.3) is 0 Å². The lowest BCUT2D eigenvalue weighted by Crippen LogP contribution is -2.22. The van der Waals surface area contributed by atoms with Crippen LogP contribution in [0.3, 0.4) is 0 Å². The molecule has 0 aliphatic rings. The van der Waals surface area contributed by atoms with Crippen molar-refractivity contribution in [3.8, 4) is 17.1 Å². The van der Waals surface area contributed by atoms with Gasteiger partial charge >= 0.3 is 0 Å². The highest BCUT2D eigenvalue weighted by atomic mass is 32.2. The van der Waals surface area contributed by atoms with Gasteiger partial charge in [-0.05, 0) is 31.0 Å². The molecule has 0 saturated heterocycles. The Morgan fingerprint density at radius 1 is 1.22 bits per heavy atom. The van der Waals surface area contributed by atoms with Crippen molar-refractivity contribution in [2.24, 2.45) is 0 Å². The zero-order valence-electron chi connectivity index (χ0n) is 15.5. The SMILES string of the molecule is CCc1ccc(-c2nc(S[C@H](C)C(=O)Nc3ccccc3OC)n[nH]2)cc1. The number of benzene rings is 2. The number of hydrogen-bond donors (Lipinski definition) is 2. The number of para-hydroxylation sites is 2. The molecule has 0 fully saturated rings. The molecule has 0 bridgehead atoms. The Morgan fingerprint density at radius 2 is 1.96 bits per heavy atom. The van der Waals surface area contributed by atoms with E-state index < -0.39 is 0 Å². The summed E-state index contributed by atoms with van der Waals surface area (Å²) in [5.41, 5.74) is 2.89. The topological polar surface area (TPSA) is 79.9 Å². The second-order valence-electron chi connectivity index (χ2n) is 5.97. The summed E-state index contributed by atoms with van der Waals surface area (Å²) in [7, 11) is 1.57. The van der Waals surface area contributed by atoms with E-state index in [0.717, 1.165) is 12.0 Å². The van der Waals surface area contributed by atoms with Crippen LogP contribution >= 0.6 is 11.8 Å². The first kappa shape index (κ1) is 19.0. The highest BCUT2D eigenvalue weighted by Crippen LogP contribution is 2.26. The van der Waals surface area contributed by atoms with Crippen molar-refractivity contribution < 1.29 is 9.53 Å². The van der Waals surface area contributed by atoms with E-state index in [9.17, 15) is 4.79 Å². The third-order valence-electron chi connectivity index (χ3n) is 4.12. The average molecular weight is 382 g/mol. The highest BCUT2D eigenvalue weighted by Gasteiger charge is 2.18. The average Bonchev–Trinajstić information content (AvgIpc) is 3.16. The largest absolute Gasteiger partial charge is 0.495 e. The molecule has 0 saturated carbocycles. The summed E-state index contributed by atoms with van der Waals surface area (Å²) in [5.74, 6) is 1.18. The van der Waals surface area contributed by atoms with Gasteiger partial charge in [-0.25, -0.2) is 4.98 Å². The minimum absolute atomic E-state index is 0.136. The number of carbonyl (C=O) groups excluding carboxylic acids is 1. The second kappa shape index (κ2) is 8.73. The van der Waals surface area contributed by atoms with Crippen LogP contribution in [0.4, 0.5) is 5.69 Å². The van der Waals surface area contributed by atoms with Gasteiger partial charge in [-0.3, -0.25) is 9.89 Å². The van der Waals surface area contributed by atoms with Gasteiger partial charge in [-0.15, -0.1) is 5.10 Å². The van der Waals surface area contributed by atoms with E-state index >= 15 is 0 Å². The number of methoxy groups -OCH3 is 1. The molecule has 0 unspecified atom stereocenters. The van der Waals surface area contributed by atoms with Gasteiger partial charge in [-0.1, -0.05) is 55.1 Å². The summed E-state index contributed by atoms with van der Waals surface area (Å²) < 4.78 is 5.26. The number of amides is 1. The van der Waals surface area contributed by atoms with Crippen LogP contribution in [-0.2, 0) is 11.2 Å². The quantitative estimate of drug-likeness (QED) is 0.600. The Balaban J connectivity index is 1.64. The standard InChI is InChI=1S/C20H22N4O2S/c1-4-14-9-11-15(12-10-14)18-22-20(24-23-18)27-13(2)19(25)21-16-7-5-6-8-17(16)26-3/h5-13H,4H2,1-3H3,(H,21,25)(H,22,23,24)/t13-/m1/s1. The van der Waals surface area contributed by atoms with Crippen LogP contribution < -0.4 is 10.1 Å². The summed E-state index contributed by atoms with van der Waals surface area (Å²) in [4.78, 5) is 17.0. The van der Waals surface area contributed by atoms with E-state index in [-0.39, 0.29) is 11.2 Å². The molecule has 27 heavy (non-hydrogen) atoms. The third kappa shape index (κ3) is 4.68. The minimum atomic E-state index is -0.360. The predicted molar refractivity (Wildman–Crippen MR) is 108 cm³/mol. The zero-order chi connectivity index (χ0) is 19.2. The first-order valence-electron chi connectivity index (χ1n) is 8.73. The first-order chi connectivity index (χ1) is 13.1. The fourth-order valence-corrected chi connectivity index (χ4v) is 3.24. The van der Waals surface area contributed by atoms with Crippen LogP contribution in [-0.4, -0.2) is 33.4 Å². The maximum absolute atomic E-state index is 12.5. The number of H-pyrrole nitrogens is 1. The van der Waals surface area contributed by atoms with Gasteiger partial charge in [0, 0.05) is 5.56 Å². The molecule has 0 spiro atoms. The fourth-order valence-electron chi connectivity index (χ4n) is 2.52. The van der Waals surface area contributed by atoms with Crippen molar-refractivity contribution in [1.82, 2.24) is 15.2 Å². The Labute approximate surface area is 162 Å². The molecule has 3 rings (SSSR count). The minimum Gasteiger partial charge on any atom is -0.495 e. The molecule has 0 radical (unpaired) electrons. The summed E-state index contributed by atoms with van der Waals surface area (Å²) in [6.45, 7) is 3.94. The summed E-state index contributed by atoms with van der Waals surface area (Å²) in [6, 6.07) is 15.5. The lowest BCUT2D eigenvalue weighted by molar-refractivity contribution is -0.115. The van der Waals surface area contributed by atoms with Crippen LogP contribution in [0, 0.1) is 0 Å². The fraction of sp³-hybridized carbons (Fsp3) is 0.250. The zero-order valence-corrected chi connectivity index (χ0v) is 16.3. The van der Waals surface area contributed by atoms with Crippen molar-refractivity contribution >= 4 is 23.4 Å². The van der Waals surface area contributed by atoms with Crippen molar-refractivity contribution in [2.45, 2.75) is 30.7 Å². The van der Waals surface area contributed by atoms with Gasteiger partial charge in [0.1, 0.15) is 5.75 Å². The molecule has 0 aliphatic carbocycles. The van der Waals surface area contributed by atoms with E-state index in [1.54, 1.807) is 19.2 Å². The van der Waals surface area contributed by atoms with Crippen molar-refractivity contribution in [1.29, 1.82) is 0 Å². The number of nitrogens with zero attached hydrogens (tertiary/aromatic N) is 2. The van der Waals surface area contributed by atoms with E-state index in [2.05, 4.69) is 39.6 Å². The monoisotopic (exact) mass is 382 g/mol. The molecule has 1 amide bonds. The van der Waals surface area contributed by atoms with E-state index in [4.69, 9.17) is 4.74 Å². The molecular formula is C20H22N4O2S. The van der Waals surface area contributed by atoms with Gasteiger partial charge in [-0.2, -0.15) is 0 Å². The van der Waals surface area contributed by atoms with Crippen molar-refractivity contribution in [2.75, 3.05) is 12.4 Å². The van der Waals surface area contributed by atoms with E-state index in [0.29, 0.717) is 22.4 Å². The predicted octanol–water partition coefficient (Wildman–Crippen LogP) is 4.16. The molecule has 0 aliphatic heterocycles. The third-order valence-corrected chi connectivity index (χ3v) is 5.08. The van der Waals surface area contributed by atoms with E-state index in [1.165, 1.54) is 17.3 Å². The molecule has 2 N–H and O–H groups in total. The maximum Gasteiger partial charge on any atom is 0.237 e. The number of carbonyl (C=O) groups is 1. The lowest BCUT2D eigenvalue weighted by atomic mass is 10.1. The first-order valence-corrected chi connectivity index (χ1v) is 9.61. The second-order valence-corrected chi connectivity index (χ2v) is 7.27. The van der Waals surface area contributed by atoms with Crippen LogP contribution in [0.25, 0.3) is 11.4 Å². The number of hydrogen-bond acceptors (Lipinski definition) is 5. The Hall–Kier alpha value is -2.80. The van der Waals surface area contributed by atoms with Crippen molar-refractivity contribution in [3.05, 3.63) is 54.1 Å². The van der Waals surface area contributed by atoms with Gasteiger partial charge in [0.15, 0.2) is 5.82 Å². The smallest absolute Gasteiger partial charge is 0.237 e. The number of rotatable bonds is 7. The molecule has 2 aromatic carbocycles. The van der Waals surface area contributed by atoms with Gasteiger partial charge < -0.3 is 10.1 Å². The normalized spacial score (nSPS) is 11.8. The van der Waals surface area contributed by atoms with Crippen LogP contribution in [0.1, 0.15) is 19.4 Å². The Kier molecular flexibility index (Phi) is 6.13. The highest BCUT2D eigenvalue weighted by molar-refractivity contribution is 8.00. The number of aryl methyl sites for hydroxylation is 1. The van der Waals surface area contributed by atoms with Gasteiger partial charge in [0.05, 0.1) is 18.0 Å². The lowest BCUT2D eigenvalue weighted by Gasteiger charge is -2.12. The Morgan fingerprint density at radius 3 is 2.67 bits per heavy atom. The molecule has 1 heterocycles. The number of thioether (sulfide) groups is 1. The van der Waals surface area contributed by atoms with Crippen LogP contribution in [0.2, 0.25) is 0 Å². The molecule has 6 nitrogen and oxygen atoms in total. The van der Waals surface area contributed by atoms with Gasteiger partial charge in [0.2, 0.25) is 11.1 Å². The molecule has 7 heteroatoms. The summed E-state index contributed by atoms with van der Waals surface area (Å²) in [6.07, 6.45) is 0.997. The van der Waals surface area contributed by atoms with Crippen LogP contribution in [0.5, 0.6) is 5.75 Å². The summed E-state index contributed by atoms with van der Waals surface area (Å²) in [5, 5.41) is 10.2. The van der Waals surface area contributed by atoms with Crippen molar-refractivity contribution in [3.63, 3.8) is 0 Å². The molecular weight excluding hydrogens is 360 g/mol. The molecule has 3 aromatic rings. The van der Waals surface area contributed by atoms with Crippen LogP contribution in [0.15, 0.2) is 53.7 Å². The molecule has 1 atom stereocenters. The Bertz CT molecular complexity index is 908. The molecule has 1 aromatic heterocycles.